The Hall–Kier alpha value is -2.36. The Labute approximate surface area is 116 Å². The molecule has 4 heteroatoms. The molecule has 0 saturated carbocycles. The normalized spacial score (nSPS) is 10.9. The summed E-state index contributed by atoms with van der Waals surface area (Å²) in [6.45, 7) is 2.57. The molecule has 3 nitrogen and oxygen atoms in total. The van der Waals surface area contributed by atoms with Crippen molar-refractivity contribution >= 4 is 11.0 Å². The van der Waals surface area contributed by atoms with Gasteiger partial charge in [-0.1, -0.05) is 19.1 Å². The first-order valence-electron chi connectivity index (χ1n) is 6.65. The highest BCUT2D eigenvalue weighted by molar-refractivity contribution is 5.80. The molecule has 0 bridgehead atoms. The molecule has 0 saturated heterocycles. The van der Waals surface area contributed by atoms with Gasteiger partial charge >= 0.3 is 0 Å². The Kier molecular flexibility index (Phi) is 3.37. The van der Waals surface area contributed by atoms with Crippen molar-refractivity contribution in [2.45, 2.75) is 13.3 Å². The molecule has 1 heterocycles. The summed E-state index contributed by atoms with van der Waals surface area (Å²) in [5.74, 6) is 0.902. The van der Waals surface area contributed by atoms with E-state index in [1.807, 2.05) is 31.2 Å². The van der Waals surface area contributed by atoms with Crippen molar-refractivity contribution in [1.29, 1.82) is 0 Å². The Morgan fingerprint density at radius 2 is 2.05 bits per heavy atom. The maximum absolute atomic E-state index is 13.4. The molecule has 0 spiro atoms. The van der Waals surface area contributed by atoms with Gasteiger partial charge in [0.1, 0.15) is 17.4 Å². The minimum absolute atomic E-state index is 0.309. The molecule has 0 unspecified atom stereocenters. The van der Waals surface area contributed by atoms with E-state index in [2.05, 4.69) is 9.97 Å². The zero-order valence-corrected chi connectivity index (χ0v) is 11.2. The number of aromatic amines is 1. The maximum atomic E-state index is 13.4. The average molecular weight is 270 g/mol. The molecule has 102 valence electrons. The maximum Gasteiger partial charge on any atom is 0.142 e. The molecule has 0 aliphatic rings. The lowest BCUT2D eigenvalue weighted by Crippen LogP contribution is -1.98. The number of ether oxygens (including phenoxy) is 1. The Morgan fingerprint density at radius 3 is 2.85 bits per heavy atom. The van der Waals surface area contributed by atoms with Crippen LogP contribution in [0.15, 0.2) is 42.5 Å². The highest BCUT2D eigenvalue weighted by atomic mass is 19.1. The number of para-hydroxylation sites is 2. The minimum atomic E-state index is -0.309. The molecule has 0 aliphatic carbocycles. The van der Waals surface area contributed by atoms with Crippen LogP contribution >= 0.6 is 0 Å². The van der Waals surface area contributed by atoms with E-state index in [1.54, 1.807) is 6.07 Å². The fourth-order valence-electron chi connectivity index (χ4n) is 2.10. The lowest BCUT2D eigenvalue weighted by molar-refractivity contribution is 0.317. The van der Waals surface area contributed by atoms with Crippen LogP contribution in [0.5, 0.6) is 5.75 Å². The van der Waals surface area contributed by atoms with Gasteiger partial charge in [-0.15, -0.1) is 0 Å². The van der Waals surface area contributed by atoms with E-state index < -0.39 is 0 Å². The van der Waals surface area contributed by atoms with Gasteiger partial charge in [0.2, 0.25) is 0 Å². The van der Waals surface area contributed by atoms with Crippen LogP contribution in [-0.2, 0) is 0 Å². The van der Waals surface area contributed by atoms with Crippen LogP contribution in [0.1, 0.15) is 13.3 Å². The fourth-order valence-corrected chi connectivity index (χ4v) is 2.10. The molecule has 0 radical (unpaired) electrons. The van der Waals surface area contributed by atoms with Gasteiger partial charge in [0.25, 0.3) is 0 Å². The number of nitrogens with one attached hydrogen (secondary N) is 1. The minimum Gasteiger partial charge on any atom is -0.493 e. The number of imidazole rings is 1. The van der Waals surface area contributed by atoms with Gasteiger partial charge in [0, 0.05) is 6.07 Å². The van der Waals surface area contributed by atoms with E-state index in [0.717, 1.165) is 23.0 Å². The number of aromatic nitrogens is 2. The molecule has 1 N–H and O–H groups in total. The van der Waals surface area contributed by atoms with Crippen molar-refractivity contribution in [2.75, 3.05) is 6.61 Å². The first-order valence-corrected chi connectivity index (χ1v) is 6.65. The van der Waals surface area contributed by atoms with Crippen molar-refractivity contribution in [1.82, 2.24) is 9.97 Å². The lowest BCUT2D eigenvalue weighted by Gasteiger charge is -2.09. The van der Waals surface area contributed by atoms with Gasteiger partial charge in [0.15, 0.2) is 0 Å². The zero-order chi connectivity index (χ0) is 13.9. The summed E-state index contributed by atoms with van der Waals surface area (Å²) in [5.41, 5.74) is 2.61. The van der Waals surface area contributed by atoms with E-state index in [4.69, 9.17) is 4.74 Å². The third kappa shape index (κ3) is 2.37. The highest BCUT2D eigenvalue weighted by Gasteiger charge is 2.11. The number of fused-ring (bicyclic) bond motifs is 1. The molecule has 0 atom stereocenters. The lowest BCUT2D eigenvalue weighted by atomic mass is 10.2. The molecule has 0 fully saturated rings. The molecular weight excluding hydrogens is 255 g/mol. The van der Waals surface area contributed by atoms with Gasteiger partial charge in [-0.2, -0.15) is 0 Å². The largest absolute Gasteiger partial charge is 0.493 e. The summed E-state index contributed by atoms with van der Waals surface area (Å²) in [6.07, 6.45) is 0.871. The number of hydrogen-bond donors (Lipinski definition) is 1. The van der Waals surface area contributed by atoms with Gasteiger partial charge in [-0.05, 0) is 30.7 Å². The summed E-state index contributed by atoms with van der Waals surface area (Å²) in [6, 6.07) is 12.3. The van der Waals surface area contributed by atoms with E-state index in [-0.39, 0.29) is 5.82 Å². The summed E-state index contributed by atoms with van der Waals surface area (Å²) in [5, 5.41) is 0. The zero-order valence-electron chi connectivity index (χ0n) is 11.2. The van der Waals surface area contributed by atoms with E-state index >= 15 is 0 Å². The van der Waals surface area contributed by atoms with Gasteiger partial charge in [-0.3, -0.25) is 0 Å². The van der Waals surface area contributed by atoms with Gasteiger partial charge in [-0.25, -0.2) is 9.37 Å². The fraction of sp³-hybridized carbons (Fsp3) is 0.188. The topological polar surface area (TPSA) is 37.9 Å². The summed E-state index contributed by atoms with van der Waals surface area (Å²) in [7, 11) is 0. The first-order chi connectivity index (χ1) is 9.78. The number of nitrogens with zero attached hydrogens (tertiary/aromatic N) is 1. The van der Waals surface area contributed by atoms with Crippen molar-refractivity contribution in [3.8, 4) is 17.1 Å². The molecule has 3 rings (SSSR count). The second kappa shape index (κ2) is 5.33. The second-order valence-electron chi connectivity index (χ2n) is 4.59. The number of hydrogen-bond acceptors (Lipinski definition) is 2. The average Bonchev–Trinajstić information content (AvgIpc) is 2.88. The Bertz CT molecular complexity index is 703. The standard InChI is InChI=1S/C16H15FN2O/c1-2-9-20-15-10-11(17)7-8-12(15)16-18-13-5-3-4-6-14(13)19-16/h3-8,10H,2,9H2,1H3,(H,18,19). The SMILES string of the molecule is CCCOc1cc(F)ccc1-c1nc2ccccc2[nH]1. The van der Waals surface area contributed by atoms with Crippen LogP contribution in [0.3, 0.4) is 0 Å². The molecule has 20 heavy (non-hydrogen) atoms. The van der Waals surface area contributed by atoms with Crippen molar-refractivity contribution in [2.24, 2.45) is 0 Å². The van der Waals surface area contributed by atoms with Crippen molar-refractivity contribution in [3.05, 3.63) is 48.3 Å². The van der Waals surface area contributed by atoms with Crippen LogP contribution in [0.4, 0.5) is 4.39 Å². The molecule has 0 aliphatic heterocycles. The number of benzene rings is 2. The molecule has 2 aromatic carbocycles. The molecule has 1 aromatic heterocycles. The molecule has 0 amide bonds. The van der Waals surface area contributed by atoms with Crippen LogP contribution in [0.2, 0.25) is 0 Å². The quantitative estimate of drug-likeness (QED) is 0.773. The highest BCUT2D eigenvalue weighted by Crippen LogP contribution is 2.30. The second-order valence-corrected chi connectivity index (χ2v) is 4.59. The smallest absolute Gasteiger partial charge is 0.142 e. The third-order valence-corrected chi connectivity index (χ3v) is 3.05. The summed E-state index contributed by atoms with van der Waals surface area (Å²) < 4.78 is 19.0. The van der Waals surface area contributed by atoms with E-state index in [0.29, 0.717) is 18.2 Å². The van der Waals surface area contributed by atoms with Crippen LogP contribution in [0.25, 0.3) is 22.4 Å². The Morgan fingerprint density at radius 1 is 1.20 bits per heavy atom. The first kappa shape index (κ1) is 12.7. The predicted molar refractivity (Wildman–Crippen MR) is 77.3 cm³/mol. The number of halogens is 1. The van der Waals surface area contributed by atoms with Crippen molar-refractivity contribution in [3.63, 3.8) is 0 Å². The van der Waals surface area contributed by atoms with Crippen molar-refractivity contribution < 1.29 is 9.13 Å². The summed E-state index contributed by atoms with van der Waals surface area (Å²) in [4.78, 5) is 7.76. The predicted octanol–water partition coefficient (Wildman–Crippen LogP) is 4.16. The van der Waals surface area contributed by atoms with Gasteiger partial charge in [0.05, 0.1) is 23.2 Å². The van der Waals surface area contributed by atoms with Gasteiger partial charge < -0.3 is 9.72 Å². The van der Waals surface area contributed by atoms with Crippen LogP contribution in [-0.4, -0.2) is 16.6 Å². The molecule has 3 aromatic rings. The summed E-state index contributed by atoms with van der Waals surface area (Å²) >= 11 is 0. The van der Waals surface area contributed by atoms with Crippen LogP contribution in [0, 0.1) is 5.82 Å². The van der Waals surface area contributed by atoms with E-state index in [9.17, 15) is 4.39 Å². The number of rotatable bonds is 4. The molecular formula is C16H15FN2O. The number of H-pyrrole nitrogens is 1. The monoisotopic (exact) mass is 270 g/mol. The van der Waals surface area contributed by atoms with Crippen LogP contribution < -0.4 is 4.74 Å². The van der Waals surface area contributed by atoms with E-state index in [1.165, 1.54) is 12.1 Å². The third-order valence-electron chi connectivity index (χ3n) is 3.05. The Balaban J connectivity index is 2.07.